The van der Waals surface area contributed by atoms with Crippen molar-refractivity contribution >= 4 is 33.8 Å². The predicted octanol–water partition coefficient (Wildman–Crippen LogP) is 6.12. The van der Waals surface area contributed by atoms with E-state index in [-0.39, 0.29) is 5.91 Å². The number of thiazole rings is 1. The van der Waals surface area contributed by atoms with Crippen LogP contribution >= 0.6 is 11.3 Å². The number of carbonyl (C=O) groups is 1. The molecule has 0 radical (unpaired) electrons. The summed E-state index contributed by atoms with van der Waals surface area (Å²) in [4.78, 5) is 17.4. The number of nitrogens with one attached hydrogen (secondary N) is 2. The van der Waals surface area contributed by atoms with E-state index < -0.39 is 0 Å². The minimum Gasteiger partial charge on any atom is -0.496 e. The topological polar surface area (TPSA) is 63.2 Å². The summed E-state index contributed by atoms with van der Waals surface area (Å²) in [5.74, 6) is 0.322. The van der Waals surface area contributed by atoms with Gasteiger partial charge in [0, 0.05) is 22.3 Å². The maximum absolute atomic E-state index is 12.7. The van der Waals surface area contributed by atoms with Crippen LogP contribution in [0, 0.1) is 6.92 Å². The molecule has 0 aliphatic rings. The smallest absolute Gasteiger partial charge is 0.259 e. The first-order valence-corrected chi connectivity index (χ1v) is 10.3. The van der Waals surface area contributed by atoms with Gasteiger partial charge in [-0.1, -0.05) is 42.5 Å². The first-order chi connectivity index (χ1) is 14.6. The third kappa shape index (κ3) is 4.34. The van der Waals surface area contributed by atoms with Gasteiger partial charge in [0.05, 0.1) is 18.4 Å². The van der Waals surface area contributed by atoms with E-state index in [2.05, 4.69) is 23.6 Å². The molecule has 150 valence electrons. The highest BCUT2D eigenvalue weighted by Gasteiger charge is 2.12. The van der Waals surface area contributed by atoms with Crippen molar-refractivity contribution in [2.75, 3.05) is 17.7 Å². The fourth-order valence-corrected chi connectivity index (χ4v) is 3.81. The number of amides is 1. The van der Waals surface area contributed by atoms with Crippen molar-refractivity contribution in [3.8, 4) is 17.0 Å². The lowest BCUT2D eigenvalue weighted by Gasteiger charge is -2.10. The molecule has 6 heteroatoms. The van der Waals surface area contributed by atoms with E-state index in [1.807, 2.05) is 60.0 Å². The molecule has 1 heterocycles. The molecule has 5 nitrogen and oxygen atoms in total. The molecular formula is C24H21N3O2S. The number of aromatic nitrogens is 1. The van der Waals surface area contributed by atoms with E-state index in [4.69, 9.17) is 9.72 Å². The van der Waals surface area contributed by atoms with Gasteiger partial charge in [-0.25, -0.2) is 4.98 Å². The van der Waals surface area contributed by atoms with Crippen LogP contribution in [-0.2, 0) is 0 Å². The summed E-state index contributed by atoms with van der Waals surface area (Å²) in [5, 5.41) is 9.13. The van der Waals surface area contributed by atoms with Crippen LogP contribution in [0.3, 0.4) is 0 Å². The SMILES string of the molecule is COc1ccccc1C(=O)Nc1cccc(-c2csc(Nc3ccccc3C)n2)c1. The van der Waals surface area contributed by atoms with Gasteiger partial charge in [-0.3, -0.25) is 4.79 Å². The standard InChI is InChI=1S/C24H21N3O2S/c1-16-8-3-5-12-20(16)26-24-27-21(15-30-24)17-9-7-10-18(14-17)25-23(28)19-11-4-6-13-22(19)29-2/h3-15H,1-2H3,(H,25,28)(H,26,27). The molecule has 0 spiro atoms. The van der Waals surface area contributed by atoms with Crippen molar-refractivity contribution in [2.45, 2.75) is 6.92 Å². The zero-order valence-electron chi connectivity index (χ0n) is 16.7. The van der Waals surface area contributed by atoms with Crippen molar-refractivity contribution in [3.05, 3.63) is 89.3 Å². The molecule has 0 bridgehead atoms. The number of rotatable bonds is 6. The Hall–Kier alpha value is -3.64. The molecule has 0 saturated heterocycles. The van der Waals surface area contributed by atoms with Crippen LogP contribution in [0.25, 0.3) is 11.3 Å². The van der Waals surface area contributed by atoms with Crippen LogP contribution in [0.5, 0.6) is 5.75 Å². The van der Waals surface area contributed by atoms with Gasteiger partial charge in [0.25, 0.3) is 5.91 Å². The summed E-state index contributed by atoms with van der Waals surface area (Å²) in [6, 6.07) is 22.9. The summed E-state index contributed by atoms with van der Waals surface area (Å²) in [5.41, 5.74) is 5.17. The van der Waals surface area contributed by atoms with Crippen LogP contribution in [0.1, 0.15) is 15.9 Å². The lowest BCUT2D eigenvalue weighted by Crippen LogP contribution is -2.13. The van der Waals surface area contributed by atoms with Gasteiger partial charge in [0.2, 0.25) is 0 Å². The van der Waals surface area contributed by atoms with Gasteiger partial charge in [-0.05, 0) is 42.8 Å². The molecular weight excluding hydrogens is 394 g/mol. The van der Waals surface area contributed by atoms with Crippen LogP contribution in [0.4, 0.5) is 16.5 Å². The molecule has 0 fully saturated rings. The Labute approximate surface area is 179 Å². The number of benzene rings is 3. The van der Waals surface area contributed by atoms with Gasteiger partial charge in [-0.15, -0.1) is 11.3 Å². The number of anilines is 3. The number of hydrogen-bond donors (Lipinski definition) is 2. The molecule has 4 rings (SSSR count). The van der Waals surface area contributed by atoms with Gasteiger partial charge >= 0.3 is 0 Å². The second kappa shape index (κ2) is 8.80. The maximum Gasteiger partial charge on any atom is 0.259 e. The molecule has 0 aliphatic heterocycles. The molecule has 0 atom stereocenters. The predicted molar refractivity (Wildman–Crippen MR) is 123 cm³/mol. The normalized spacial score (nSPS) is 10.5. The van der Waals surface area contributed by atoms with Crippen LogP contribution < -0.4 is 15.4 Å². The average molecular weight is 416 g/mol. The first kappa shape index (κ1) is 19.7. The summed E-state index contributed by atoms with van der Waals surface area (Å²) < 4.78 is 5.28. The number of hydrogen-bond acceptors (Lipinski definition) is 5. The van der Waals surface area contributed by atoms with E-state index in [9.17, 15) is 4.79 Å². The van der Waals surface area contributed by atoms with Gasteiger partial charge in [-0.2, -0.15) is 0 Å². The Morgan fingerprint density at radius 3 is 2.63 bits per heavy atom. The molecule has 1 aromatic heterocycles. The van der Waals surface area contributed by atoms with Crippen molar-refractivity contribution in [1.29, 1.82) is 0 Å². The van der Waals surface area contributed by atoms with Gasteiger partial charge in [0.15, 0.2) is 5.13 Å². The molecule has 3 aromatic carbocycles. The number of para-hydroxylation sites is 2. The molecule has 0 saturated carbocycles. The van der Waals surface area contributed by atoms with E-state index in [0.717, 1.165) is 27.6 Å². The first-order valence-electron chi connectivity index (χ1n) is 9.47. The number of aryl methyl sites for hydroxylation is 1. The third-order valence-corrected chi connectivity index (χ3v) is 5.42. The fourth-order valence-electron chi connectivity index (χ4n) is 3.08. The lowest BCUT2D eigenvalue weighted by molar-refractivity contribution is 0.102. The second-order valence-corrected chi connectivity index (χ2v) is 7.57. The highest BCUT2D eigenvalue weighted by atomic mass is 32.1. The van der Waals surface area contributed by atoms with Crippen LogP contribution in [0.2, 0.25) is 0 Å². The highest BCUT2D eigenvalue weighted by molar-refractivity contribution is 7.14. The summed E-state index contributed by atoms with van der Waals surface area (Å²) in [7, 11) is 1.55. The van der Waals surface area contributed by atoms with Gasteiger partial charge < -0.3 is 15.4 Å². The Balaban J connectivity index is 1.52. The Bertz CT molecular complexity index is 1190. The zero-order chi connectivity index (χ0) is 20.9. The number of carbonyl (C=O) groups excluding carboxylic acids is 1. The molecule has 4 aromatic rings. The van der Waals surface area contributed by atoms with Crippen molar-refractivity contribution in [3.63, 3.8) is 0 Å². The Kier molecular flexibility index (Phi) is 5.77. The summed E-state index contributed by atoms with van der Waals surface area (Å²) in [6.07, 6.45) is 0. The largest absolute Gasteiger partial charge is 0.496 e. The lowest BCUT2D eigenvalue weighted by atomic mass is 10.1. The molecule has 0 unspecified atom stereocenters. The maximum atomic E-state index is 12.7. The second-order valence-electron chi connectivity index (χ2n) is 6.71. The van der Waals surface area contributed by atoms with Crippen LogP contribution in [-0.4, -0.2) is 18.0 Å². The average Bonchev–Trinajstić information content (AvgIpc) is 3.24. The monoisotopic (exact) mass is 415 g/mol. The fraction of sp³-hybridized carbons (Fsp3) is 0.0833. The molecule has 30 heavy (non-hydrogen) atoms. The van der Waals surface area contributed by atoms with E-state index >= 15 is 0 Å². The number of nitrogens with zero attached hydrogens (tertiary/aromatic N) is 1. The third-order valence-electron chi connectivity index (χ3n) is 4.66. The minimum absolute atomic E-state index is 0.218. The van der Waals surface area contributed by atoms with Crippen molar-refractivity contribution < 1.29 is 9.53 Å². The molecule has 1 amide bonds. The number of ether oxygens (including phenoxy) is 1. The number of methoxy groups -OCH3 is 1. The quantitative estimate of drug-likeness (QED) is 0.398. The molecule has 0 aliphatic carbocycles. The minimum atomic E-state index is -0.218. The van der Waals surface area contributed by atoms with Crippen molar-refractivity contribution in [2.24, 2.45) is 0 Å². The Morgan fingerprint density at radius 2 is 1.80 bits per heavy atom. The zero-order valence-corrected chi connectivity index (χ0v) is 17.5. The van der Waals surface area contributed by atoms with Crippen molar-refractivity contribution in [1.82, 2.24) is 4.98 Å². The summed E-state index contributed by atoms with van der Waals surface area (Å²) >= 11 is 1.54. The van der Waals surface area contributed by atoms with E-state index in [1.165, 1.54) is 0 Å². The molecule has 2 N–H and O–H groups in total. The highest BCUT2D eigenvalue weighted by Crippen LogP contribution is 2.29. The van der Waals surface area contributed by atoms with Crippen LogP contribution in [0.15, 0.2) is 78.2 Å². The van der Waals surface area contributed by atoms with E-state index in [1.54, 1.807) is 30.6 Å². The van der Waals surface area contributed by atoms with E-state index in [0.29, 0.717) is 17.0 Å². The Morgan fingerprint density at radius 1 is 1.00 bits per heavy atom. The summed E-state index contributed by atoms with van der Waals surface area (Å²) in [6.45, 7) is 2.06. The van der Waals surface area contributed by atoms with Gasteiger partial charge in [0.1, 0.15) is 5.75 Å².